The van der Waals surface area contributed by atoms with Crippen LogP contribution in [0.3, 0.4) is 0 Å². The van der Waals surface area contributed by atoms with Gasteiger partial charge in [-0.3, -0.25) is 14.4 Å². The molecule has 0 saturated carbocycles. The summed E-state index contributed by atoms with van der Waals surface area (Å²) in [5.41, 5.74) is 0.412. The molecule has 0 amide bonds. The number of benzene rings is 1. The van der Waals surface area contributed by atoms with Crippen molar-refractivity contribution in [3.8, 4) is 5.75 Å². The molecule has 0 aliphatic heterocycles. The first kappa shape index (κ1) is 15.2. The normalized spacial score (nSPS) is 9.79. The van der Waals surface area contributed by atoms with E-state index < -0.39 is 11.8 Å². The van der Waals surface area contributed by atoms with Crippen LogP contribution in [-0.4, -0.2) is 31.3 Å². The Bertz CT molecular complexity index is 484. The molecule has 1 rings (SSSR count). The zero-order valence-corrected chi connectivity index (χ0v) is 11.1. The molecule has 1 aromatic rings. The Kier molecular flexibility index (Phi) is 6.02. The first-order valence-corrected chi connectivity index (χ1v) is 5.99. The molecule has 0 bridgehead atoms. The van der Waals surface area contributed by atoms with E-state index in [9.17, 15) is 14.4 Å². The number of carbonyl (C=O) groups excluding carboxylic acids is 3. The first-order valence-electron chi connectivity index (χ1n) is 5.61. The van der Waals surface area contributed by atoms with Gasteiger partial charge in [0.25, 0.3) is 0 Å². The molecule has 0 N–H and O–H groups in total. The number of halogens is 1. The standard InChI is InChI=1S/C13H13ClO5/c1-2-18-13(17)6-10(16)8-19-12-4-3-9(7-15)5-11(12)14/h3-5,7H,2,6,8H2,1H3. The molecule has 102 valence electrons. The third-order valence-corrected chi connectivity index (χ3v) is 2.42. The van der Waals surface area contributed by atoms with Crippen LogP contribution < -0.4 is 4.74 Å². The molecule has 0 aromatic heterocycles. The van der Waals surface area contributed by atoms with E-state index in [0.29, 0.717) is 11.8 Å². The molecule has 0 unspecified atom stereocenters. The van der Waals surface area contributed by atoms with Gasteiger partial charge in [-0.05, 0) is 25.1 Å². The highest BCUT2D eigenvalue weighted by molar-refractivity contribution is 6.32. The number of carbonyl (C=O) groups is 3. The van der Waals surface area contributed by atoms with Crippen molar-refractivity contribution in [1.29, 1.82) is 0 Å². The van der Waals surface area contributed by atoms with Gasteiger partial charge in [-0.25, -0.2) is 0 Å². The van der Waals surface area contributed by atoms with E-state index in [0.717, 1.165) is 0 Å². The highest BCUT2D eigenvalue weighted by Crippen LogP contribution is 2.24. The monoisotopic (exact) mass is 284 g/mol. The van der Waals surface area contributed by atoms with Crippen LogP contribution in [0.25, 0.3) is 0 Å². The van der Waals surface area contributed by atoms with Crippen LogP contribution in [0.4, 0.5) is 0 Å². The van der Waals surface area contributed by atoms with Crippen molar-refractivity contribution in [3.05, 3.63) is 28.8 Å². The van der Waals surface area contributed by atoms with Crippen molar-refractivity contribution in [2.24, 2.45) is 0 Å². The SMILES string of the molecule is CCOC(=O)CC(=O)COc1ccc(C=O)cc1Cl. The molecule has 0 atom stereocenters. The number of Topliss-reactive ketones (excluding diaryl/α,β-unsaturated/α-hetero) is 1. The summed E-state index contributed by atoms with van der Waals surface area (Å²) in [6.45, 7) is 1.61. The van der Waals surface area contributed by atoms with Crippen molar-refractivity contribution in [2.45, 2.75) is 13.3 Å². The summed E-state index contributed by atoms with van der Waals surface area (Å²) in [5, 5.41) is 0.230. The van der Waals surface area contributed by atoms with Gasteiger partial charge in [-0.15, -0.1) is 0 Å². The average molecular weight is 285 g/mol. The molecular formula is C13H13ClO5. The van der Waals surface area contributed by atoms with Crippen molar-refractivity contribution in [3.63, 3.8) is 0 Å². The maximum atomic E-state index is 11.4. The largest absolute Gasteiger partial charge is 0.484 e. The fourth-order valence-electron chi connectivity index (χ4n) is 1.29. The molecule has 19 heavy (non-hydrogen) atoms. The van der Waals surface area contributed by atoms with Gasteiger partial charge in [0.05, 0.1) is 11.6 Å². The van der Waals surface area contributed by atoms with E-state index in [2.05, 4.69) is 4.74 Å². The zero-order chi connectivity index (χ0) is 14.3. The van der Waals surface area contributed by atoms with Gasteiger partial charge in [0.15, 0.2) is 5.78 Å². The predicted molar refractivity (Wildman–Crippen MR) is 68.6 cm³/mol. The molecular weight excluding hydrogens is 272 g/mol. The number of hydrogen-bond acceptors (Lipinski definition) is 5. The molecule has 0 saturated heterocycles. The van der Waals surface area contributed by atoms with Crippen molar-refractivity contribution in [2.75, 3.05) is 13.2 Å². The Balaban J connectivity index is 2.50. The summed E-state index contributed by atoms with van der Waals surface area (Å²) in [7, 11) is 0. The van der Waals surface area contributed by atoms with E-state index in [4.69, 9.17) is 16.3 Å². The smallest absolute Gasteiger partial charge is 0.313 e. The van der Waals surface area contributed by atoms with Gasteiger partial charge >= 0.3 is 5.97 Å². The number of ketones is 1. The van der Waals surface area contributed by atoms with Crippen molar-refractivity contribution in [1.82, 2.24) is 0 Å². The van der Waals surface area contributed by atoms with Gasteiger partial charge in [0.1, 0.15) is 25.1 Å². The van der Waals surface area contributed by atoms with Gasteiger partial charge < -0.3 is 9.47 Å². The highest BCUT2D eigenvalue weighted by atomic mass is 35.5. The van der Waals surface area contributed by atoms with Gasteiger partial charge in [-0.1, -0.05) is 11.6 Å². The van der Waals surface area contributed by atoms with Crippen LogP contribution in [0, 0.1) is 0 Å². The van der Waals surface area contributed by atoms with Crippen LogP contribution in [-0.2, 0) is 14.3 Å². The van der Waals surface area contributed by atoms with Crippen molar-refractivity contribution < 1.29 is 23.9 Å². The van der Waals surface area contributed by atoms with Crippen LogP contribution in [0.2, 0.25) is 5.02 Å². The molecule has 0 radical (unpaired) electrons. The quantitative estimate of drug-likeness (QED) is 0.435. The lowest BCUT2D eigenvalue weighted by molar-refractivity contribution is -0.145. The third-order valence-electron chi connectivity index (χ3n) is 2.13. The number of ether oxygens (including phenoxy) is 2. The lowest BCUT2D eigenvalue weighted by Gasteiger charge is -2.07. The van der Waals surface area contributed by atoms with Crippen LogP contribution in [0.1, 0.15) is 23.7 Å². The predicted octanol–water partition coefficient (Wildman–Crippen LogP) is 2.05. The maximum Gasteiger partial charge on any atom is 0.313 e. The first-order chi connectivity index (χ1) is 9.06. The second-order valence-corrected chi connectivity index (χ2v) is 4.02. The molecule has 0 spiro atoms. The summed E-state index contributed by atoms with van der Waals surface area (Å²) < 4.78 is 9.81. The average Bonchev–Trinajstić information content (AvgIpc) is 2.37. The lowest BCUT2D eigenvalue weighted by Crippen LogP contribution is -2.17. The number of rotatable bonds is 7. The van der Waals surface area contributed by atoms with Gasteiger partial charge in [0.2, 0.25) is 0 Å². The molecule has 6 heteroatoms. The fourth-order valence-corrected chi connectivity index (χ4v) is 1.53. The number of esters is 1. The Labute approximate surface area is 115 Å². The Morgan fingerprint density at radius 1 is 1.37 bits per heavy atom. The second kappa shape index (κ2) is 7.53. The zero-order valence-electron chi connectivity index (χ0n) is 10.3. The fraction of sp³-hybridized carbons (Fsp3) is 0.308. The summed E-state index contributed by atoms with van der Waals surface area (Å²) in [4.78, 5) is 33.0. The lowest BCUT2D eigenvalue weighted by atomic mass is 10.2. The van der Waals surface area contributed by atoms with E-state index in [-0.39, 0.29) is 30.4 Å². The molecule has 5 nitrogen and oxygen atoms in total. The van der Waals surface area contributed by atoms with Gasteiger partial charge in [-0.2, -0.15) is 0 Å². The Hall–Kier alpha value is -1.88. The molecule has 0 heterocycles. The van der Waals surface area contributed by atoms with E-state index in [1.165, 1.54) is 18.2 Å². The van der Waals surface area contributed by atoms with E-state index in [1.807, 2.05) is 0 Å². The molecule has 0 fully saturated rings. The van der Waals surface area contributed by atoms with E-state index >= 15 is 0 Å². The van der Waals surface area contributed by atoms with E-state index in [1.54, 1.807) is 6.92 Å². The third kappa shape index (κ3) is 5.09. The van der Waals surface area contributed by atoms with Crippen LogP contribution >= 0.6 is 11.6 Å². The van der Waals surface area contributed by atoms with Crippen LogP contribution in [0.15, 0.2) is 18.2 Å². The number of hydrogen-bond donors (Lipinski definition) is 0. The van der Waals surface area contributed by atoms with Gasteiger partial charge in [0, 0.05) is 5.56 Å². The summed E-state index contributed by atoms with van der Waals surface area (Å²) >= 11 is 5.86. The highest BCUT2D eigenvalue weighted by Gasteiger charge is 2.12. The molecule has 1 aromatic carbocycles. The topological polar surface area (TPSA) is 69.7 Å². The van der Waals surface area contributed by atoms with Crippen LogP contribution in [0.5, 0.6) is 5.75 Å². The number of aldehydes is 1. The second-order valence-electron chi connectivity index (χ2n) is 3.62. The summed E-state index contributed by atoms with van der Waals surface area (Å²) in [6.07, 6.45) is 0.319. The summed E-state index contributed by atoms with van der Waals surface area (Å²) in [5.74, 6) is -0.711. The maximum absolute atomic E-state index is 11.4. The Morgan fingerprint density at radius 2 is 2.11 bits per heavy atom. The molecule has 0 aliphatic carbocycles. The molecule has 0 aliphatic rings. The minimum absolute atomic E-state index is 0.228. The minimum atomic E-state index is -0.585. The summed E-state index contributed by atoms with van der Waals surface area (Å²) in [6, 6.07) is 4.44. The van der Waals surface area contributed by atoms with Crippen molar-refractivity contribution >= 4 is 29.6 Å². The Morgan fingerprint density at radius 3 is 2.68 bits per heavy atom. The minimum Gasteiger partial charge on any atom is -0.484 e.